The molecule has 0 bridgehead atoms. The molecule has 1 aromatic heterocycles. The molecule has 2 aromatic rings. The molecule has 0 radical (unpaired) electrons. The van der Waals surface area contributed by atoms with Crippen LogP contribution in [0.25, 0.3) is 11.0 Å². The monoisotopic (exact) mass is 274 g/mol. The Labute approximate surface area is 117 Å². The van der Waals surface area contributed by atoms with E-state index in [0.717, 1.165) is 42.7 Å². The van der Waals surface area contributed by atoms with Crippen LogP contribution in [0.5, 0.6) is 0 Å². The van der Waals surface area contributed by atoms with Crippen LogP contribution in [0.3, 0.4) is 0 Å². The molecule has 2 heterocycles. The van der Waals surface area contributed by atoms with Crippen molar-refractivity contribution in [2.75, 3.05) is 13.2 Å². The smallest absolute Gasteiger partial charge is 0.335 e. The van der Waals surface area contributed by atoms with Gasteiger partial charge in [0.05, 0.1) is 29.2 Å². The van der Waals surface area contributed by atoms with Gasteiger partial charge < -0.3 is 14.4 Å². The number of nitrogens with zero attached hydrogens (tertiary/aromatic N) is 2. The molecule has 5 nitrogen and oxygen atoms in total. The van der Waals surface area contributed by atoms with Gasteiger partial charge in [-0.1, -0.05) is 6.92 Å². The maximum Gasteiger partial charge on any atom is 0.335 e. The number of ether oxygens (including phenoxy) is 1. The number of carbonyl (C=O) groups is 1. The zero-order valence-corrected chi connectivity index (χ0v) is 11.5. The lowest BCUT2D eigenvalue weighted by Gasteiger charge is -2.25. The van der Waals surface area contributed by atoms with Crippen molar-refractivity contribution in [1.82, 2.24) is 9.55 Å². The number of benzene rings is 1. The van der Waals surface area contributed by atoms with Gasteiger partial charge in [-0.15, -0.1) is 0 Å². The molecule has 106 valence electrons. The fourth-order valence-electron chi connectivity index (χ4n) is 2.86. The molecule has 0 spiro atoms. The van der Waals surface area contributed by atoms with Crippen molar-refractivity contribution in [2.45, 2.75) is 32.2 Å². The molecule has 1 aromatic carbocycles. The molecule has 1 saturated heterocycles. The summed E-state index contributed by atoms with van der Waals surface area (Å²) in [4.78, 5) is 15.8. The van der Waals surface area contributed by atoms with E-state index in [0.29, 0.717) is 12.2 Å². The number of hydrogen-bond acceptors (Lipinski definition) is 3. The minimum Gasteiger partial charge on any atom is -0.478 e. The first-order chi connectivity index (χ1) is 9.70. The molecule has 1 atom stereocenters. The first-order valence-corrected chi connectivity index (χ1v) is 7.02. The molecular formula is C15H18N2O3. The number of aryl methyl sites for hydroxylation is 1. The summed E-state index contributed by atoms with van der Waals surface area (Å²) < 4.78 is 7.73. The first kappa shape index (κ1) is 13.1. The number of carboxylic acids is 1. The Bertz CT molecular complexity index is 642. The van der Waals surface area contributed by atoms with Gasteiger partial charge in [-0.05, 0) is 31.0 Å². The second-order valence-electron chi connectivity index (χ2n) is 5.13. The quantitative estimate of drug-likeness (QED) is 0.934. The fraction of sp³-hybridized carbons (Fsp3) is 0.467. The van der Waals surface area contributed by atoms with Crippen LogP contribution in [0.15, 0.2) is 18.2 Å². The Balaban J connectivity index is 2.15. The molecule has 0 aliphatic carbocycles. The van der Waals surface area contributed by atoms with Crippen LogP contribution in [0.2, 0.25) is 0 Å². The number of carboxylic acid groups (broad SMARTS) is 1. The molecule has 1 N–H and O–H groups in total. The van der Waals surface area contributed by atoms with E-state index in [4.69, 9.17) is 9.84 Å². The van der Waals surface area contributed by atoms with Crippen molar-refractivity contribution in [2.24, 2.45) is 0 Å². The molecular weight excluding hydrogens is 256 g/mol. The number of imidazole rings is 1. The van der Waals surface area contributed by atoms with Crippen molar-refractivity contribution in [3.8, 4) is 0 Å². The Kier molecular flexibility index (Phi) is 3.44. The Morgan fingerprint density at radius 2 is 2.40 bits per heavy atom. The number of fused-ring (bicyclic) bond motifs is 1. The minimum absolute atomic E-state index is 0.257. The Morgan fingerprint density at radius 1 is 1.55 bits per heavy atom. The summed E-state index contributed by atoms with van der Waals surface area (Å²) in [5.41, 5.74) is 2.06. The van der Waals surface area contributed by atoms with Crippen LogP contribution in [0.1, 0.15) is 42.0 Å². The fourth-order valence-corrected chi connectivity index (χ4v) is 2.86. The van der Waals surface area contributed by atoms with Crippen molar-refractivity contribution in [3.63, 3.8) is 0 Å². The predicted molar refractivity (Wildman–Crippen MR) is 75.2 cm³/mol. The molecule has 3 rings (SSSR count). The second-order valence-corrected chi connectivity index (χ2v) is 5.13. The molecule has 1 fully saturated rings. The summed E-state index contributed by atoms with van der Waals surface area (Å²) in [6.07, 6.45) is 2.91. The van der Waals surface area contributed by atoms with Gasteiger partial charge >= 0.3 is 5.97 Å². The average Bonchev–Trinajstić information content (AvgIpc) is 2.85. The van der Waals surface area contributed by atoms with Crippen molar-refractivity contribution < 1.29 is 14.6 Å². The molecule has 1 unspecified atom stereocenters. The van der Waals surface area contributed by atoms with Crippen LogP contribution >= 0.6 is 0 Å². The lowest BCUT2D eigenvalue weighted by Crippen LogP contribution is -2.22. The number of aromatic carboxylic acids is 1. The third-order valence-electron chi connectivity index (χ3n) is 3.83. The van der Waals surface area contributed by atoms with E-state index in [1.54, 1.807) is 18.2 Å². The lowest BCUT2D eigenvalue weighted by molar-refractivity contribution is 0.0596. The topological polar surface area (TPSA) is 64.3 Å². The first-order valence-electron chi connectivity index (χ1n) is 7.02. The summed E-state index contributed by atoms with van der Waals surface area (Å²) in [7, 11) is 0. The predicted octanol–water partition coefficient (Wildman–Crippen LogP) is 2.65. The highest BCUT2D eigenvalue weighted by molar-refractivity contribution is 5.92. The van der Waals surface area contributed by atoms with E-state index in [9.17, 15) is 4.79 Å². The summed E-state index contributed by atoms with van der Waals surface area (Å²) in [5, 5.41) is 9.16. The minimum atomic E-state index is -0.905. The zero-order valence-electron chi connectivity index (χ0n) is 11.5. The van der Waals surface area contributed by atoms with Crippen molar-refractivity contribution in [3.05, 3.63) is 29.6 Å². The van der Waals surface area contributed by atoms with E-state index < -0.39 is 5.97 Å². The normalized spacial score (nSPS) is 19.4. The summed E-state index contributed by atoms with van der Waals surface area (Å²) in [6, 6.07) is 5.38. The molecule has 5 heteroatoms. The van der Waals surface area contributed by atoms with Gasteiger partial charge in [-0.25, -0.2) is 9.78 Å². The Hall–Kier alpha value is -1.88. The van der Waals surface area contributed by atoms with Gasteiger partial charge in [-0.3, -0.25) is 0 Å². The number of rotatable bonds is 3. The average molecular weight is 274 g/mol. The highest BCUT2D eigenvalue weighted by Crippen LogP contribution is 2.28. The van der Waals surface area contributed by atoms with Crippen molar-refractivity contribution in [1.29, 1.82) is 0 Å². The van der Waals surface area contributed by atoms with Gasteiger partial charge in [0.25, 0.3) is 0 Å². The van der Waals surface area contributed by atoms with Crippen LogP contribution in [-0.2, 0) is 11.2 Å². The molecule has 0 saturated carbocycles. The molecule has 20 heavy (non-hydrogen) atoms. The Morgan fingerprint density at radius 3 is 3.05 bits per heavy atom. The van der Waals surface area contributed by atoms with Gasteiger partial charge in [0, 0.05) is 13.0 Å². The number of aromatic nitrogens is 2. The van der Waals surface area contributed by atoms with E-state index in [1.807, 2.05) is 0 Å². The van der Waals surface area contributed by atoms with Gasteiger partial charge in [0.15, 0.2) is 0 Å². The number of hydrogen-bond donors (Lipinski definition) is 1. The summed E-state index contributed by atoms with van der Waals surface area (Å²) in [6.45, 7) is 3.56. The molecule has 1 aliphatic heterocycles. The standard InChI is InChI=1S/C15H18N2O3/c1-2-14-16-12-6-5-10(15(18)19)8-13(12)17(14)11-4-3-7-20-9-11/h5-6,8,11H,2-4,7,9H2,1H3,(H,18,19). The summed E-state index contributed by atoms with van der Waals surface area (Å²) in [5.74, 6) is 0.0932. The van der Waals surface area contributed by atoms with Crippen LogP contribution < -0.4 is 0 Å². The van der Waals surface area contributed by atoms with Crippen molar-refractivity contribution >= 4 is 17.0 Å². The highest BCUT2D eigenvalue weighted by atomic mass is 16.5. The zero-order chi connectivity index (χ0) is 14.1. The van der Waals surface area contributed by atoms with E-state index in [2.05, 4.69) is 16.5 Å². The van der Waals surface area contributed by atoms with Crippen LogP contribution in [-0.4, -0.2) is 33.8 Å². The van der Waals surface area contributed by atoms with Crippen LogP contribution in [0, 0.1) is 0 Å². The molecule has 0 amide bonds. The summed E-state index contributed by atoms with van der Waals surface area (Å²) >= 11 is 0. The maximum absolute atomic E-state index is 11.2. The van der Waals surface area contributed by atoms with Gasteiger partial charge in [-0.2, -0.15) is 0 Å². The third kappa shape index (κ3) is 2.18. The van der Waals surface area contributed by atoms with E-state index in [-0.39, 0.29) is 6.04 Å². The molecule has 1 aliphatic rings. The maximum atomic E-state index is 11.2. The van der Waals surface area contributed by atoms with Gasteiger partial charge in [0.1, 0.15) is 5.82 Å². The third-order valence-corrected chi connectivity index (χ3v) is 3.83. The lowest BCUT2D eigenvalue weighted by atomic mass is 10.1. The van der Waals surface area contributed by atoms with E-state index >= 15 is 0 Å². The SMILES string of the molecule is CCc1nc2ccc(C(=O)O)cc2n1C1CCCOC1. The van der Waals surface area contributed by atoms with Crippen LogP contribution in [0.4, 0.5) is 0 Å². The largest absolute Gasteiger partial charge is 0.478 e. The van der Waals surface area contributed by atoms with E-state index in [1.165, 1.54) is 0 Å². The second kappa shape index (κ2) is 5.25. The highest BCUT2D eigenvalue weighted by Gasteiger charge is 2.21. The van der Waals surface area contributed by atoms with Gasteiger partial charge in [0.2, 0.25) is 0 Å².